The van der Waals surface area contributed by atoms with Crippen molar-refractivity contribution < 1.29 is 0 Å². The molecule has 5 heteroatoms. The van der Waals surface area contributed by atoms with Crippen molar-refractivity contribution in [2.75, 3.05) is 10.6 Å². The van der Waals surface area contributed by atoms with Crippen LogP contribution >= 0.6 is 11.6 Å². The Morgan fingerprint density at radius 1 is 1.16 bits per heavy atom. The second kappa shape index (κ2) is 6.38. The average molecular weight is 277 g/mol. The van der Waals surface area contributed by atoms with Crippen molar-refractivity contribution in [2.24, 2.45) is 0 Å². The molecule has 0 aliphatic rings. The van der Waals surface area contributed by atoms with E-state index in [2.05, 4.69) is 34.4 Å². The van der Waals surface area contributed by atoms with Gasteiger partial charge in [0.15, 0.2) is 0 Å². The Bertz CT molecular complexity index is 525. The van der Waals surface area contributed by atoms with Crippen molar-refractivity contribution in [2.45, 2.75) is 26.4 Å². The van der Waals surface area contributed by atoms with Crippen LogP contribution in [-0.2, 0) is 6.54 Å². The molecule has 0 amide bonds. The van der Waals surface area contributed by atoms with E-state index in [1.165, 1.54) is 0 Å². The van der Waals surface area contributed by atoms with Gasteiger partial charge in [0.05, 0.1) is 0 Å². The topological polar surface area (TPSA) is 49.8 Å². The molecule has 0 bridgehead atoms. The van der Waals surface area contributed by atoms with Crippen LogP contribution in [0.2, 0.25) is 5.02 Å². The zero-order valence-electron chi connectivity index (χ0n) is 11.0. The molecule has 100 valence electrons. The average Bonchev–Trinajstić information content (AvgIpc) is 2.38. The van der Waals surface area contributed by atoms with Crippen LogP contribution in [0, 0.1) is 0 Å². The maximum absolute atomic E-state index is 5.85. The van der Waals surface area contributed by atoms with Gasteiger partial charge < -0.3 is 10.6 Å². The number of hydrogen-bond donors (Lipinski definition) is 2. The molecule has 2 aromatic rings. The molecule has 19 heavy (non-hydrogen) atoms. The van der Waals surface area contributed by atoms with Crippen LogP contribution in [0.15, 0.2) is 36.5 Å². The SMILES string of the molecule is CC(C)Nc1nccc(NCc2ccc(Cl)cc2)n1. The number of nitrogens with zero attached hydrogens (tertiary/aromatic N) is 2. The molecule has 2 N–H and O–H groups in total. The molecule has 2 rings (SSSR count). The summed E-state index contributed by atoms with van der Waals surface area (Å²) >= 11 is 5.85. The van der Waals surface area contributed by atoms with E-state index < -0.39 is 0 Å². The van der Waals surface area contributed by atoms with Crippen LogP contribution in [-0.4, -0.2) is 16.0 Å². The first-order valence-corrected chi connectivity index (χ1v) is 6.59. The summed E-state index contributed by atoms with van der Waals surface area (Å²) in [6.07, 6.45) is 1.74. The first-order valence-electron chi connectivity index (χ1n) is 6.21. The summed E-state index contributed by atoms with van der Waals surface area (Å²) in [7, 11) is 0. The van der Waals surface area contributed by atoms with Crippen LogP contribution < -0.4 is 10.6 Å². The minimum Gasteiger partial charge on any atom is -0.366 e. The number of hydrogen-bond acceptors (Lipinski definition) is 4. The van der Waals surface area contributed by atoms with Gasteiger partial charge in [-0.2, -0.15) is 4.98 Å². The fourth-order valence-corrected chi connectivity index (χ4v) is 1.71. The number of nitrogens with one attached hydrogen (secondary N) is 2. The molecule has 4 nitrogen and oxygen atoms in total. The van der Waals surface area contributed by atoms with Crippen molar-refractivity contribution in [3.05, 3.63) is 47.1 Å². The normalized spacial score (nSPS) is 10.5. The fraction of sp³-hybridized carbons (Fsp3) is 0.286. The number of rotatable bonds is 5. The van der Waals surface area contributed by atoms with E-state index in [-0.39, 0.29) is 0 Å². The monoisotopic (exact) mass is 276 g/mol. The maximum atomic E-state index is 5.85. The quantitative estimate of drug-likeness (QED) is 0.877. The Hall–Kier alpha value is -1.81. The molecular formula is C14H17ClN4. The van der Waals surface area contributed by atoms with Gasteiger partial charge in [-0.1, -0.05) is 23.7 Å². The van der Waals surface area contributed by atoms with E-state index in [1.54, 1.807) is 6.20 Å². The van der Waals surface area contributed by atoms with Gasteiger partial charge in [-0.15, -0.1) is 0 Å². The van der Waals surface area contributed by atoms with Crippen LogP contribution in [0.4, 0.5) is 11.8 Å². The number of halogens is 1. The molecular weight excluding hydrogens is 260 g/mol. The van der Waals surface area contributed by atoms with E-state index in [1.807, 2.05) is 30.3 Å². The third kappa shape index (κ3) is 4.41. The summed E-state index contributed by atoms with van der Waals surface area (Å²) in [5.74, 6) is 1.43. The standard InChI is InChI=1S/C14H17ClN4/c1-10(2)18-14-16-8-7-13(19-14)17-9-11-3-5-12(15)6-4-11/h3-8,10H,9H2,1-2H3,(H2,16,17,18,19). The van der Waals surface area contributed by atoms with Gasteiger partial charge >= 0.3 is 0 Å². The molecule has 0 spiro atoms. The lowest BCUT2D eigenvalue weighted by Crippen LogP contribution is -2.13. The molecule has 1 aromatic carbocycles. The van der Waals surface area contributed by atoms with Crippen LogP contribution in [0.25, 0.3) is 0 Å². The van der Waals surface area contributed by atoms with Gasteiger partial charge in [-0.3, -0.25) is 0 Å². The summed E-state index contributed by atoms with van der Waals surface area (Å²) in [6, 6.07) is 9.90. The third-order valence-electron chi connectivity index (χ3n) is 2.46. The molecule has 0 saturated carbocycles. The lowest BCUT2D eigenvalue weighted by atomic mass is 10.2. The van der Waals surface area contributed by atoms with E-state index in [9.17, 15) is 0 Å². The van der Waals surface area contributed by atoms with Crippen LogP contribution in [0.3, 0.4) is 0 Å². The molecule has 0 saturated heterocycles. The number of anilines is 2. The van der Waals surface area contributed by atoms with Gasteiger partial charge in [0.1, 0.15) is 5.82 Å². The fourth-order valence-electron chi connectivity index (χ4n) is 1.58. The van der Waals surface area contributed by atoms with E-state index >= 15 is 0 Å². The highest BCUT2D eigenvalue weighted by atomic mass is 35.5. The van der Waals surface area contributed by atoms with Crippen LogP contribution in [0.1, 0.15) is 19.4 Å². The first-order chi connectivity index (χ1) is 9.13. The molecule has 0 aliphatic heterocycles. The van der Waals surface area contributed by atoms with Crippen molar-refractivity contribution in [3.63, 3.8) is 0 Å². The first kappa shape index (κ1) is 13.6. The molecule has 0 unspecified atom stereocenters. The largest absolute Gasteiger partial charge is 0.366 e. The minimum atomic E-state index is 0.312. The number of benzene rings is 1. The maximum Gasteiger partial charge on any atom is 0.224 e. The van der Waals surface area contributed by atoms with Crippen molar-refractivity contribution in [1.29, 1.82) is 0 Å². The second-order valence-corrected chi connectivity index (χ2v) is 4.98. The Morgan fingerprint density at radius 3 is 2.58 bits per heavy atom. The van der Waals surface area contributed by atoms with E-state index in [0.717, 1.165) is 16.4 Å². The minimum absolute atomic E-state index is 0.312. The summed E-state index contributed by atoms with van der Waals surface area (Å²) in [6.45, 7) is 4.81. The molecule has 0 radical (unpaired) electrons. The van der Waals surface area contributed by atoms with Gasteiger partial charge in [0.2, 0.25) is 5.95 Å². The van der Waals surface area contributed by atoms with Gasteiger partial charge in [-0.25, -0.2) is 4.98 Å². The van der Waals surface area contributed by atoms with Gasteiger partial charge in [-0.05, 0) is 37.6 Å². The molecule has 1 heterocycles. The van der Waals surface area contributed by atoms with E-state index in [4.69, 9.17) is 11.6 Å². The summed E-state index contributed by atoms with van der Waals surface area (Å²) in [5.41, 5.74) is 1.15. The molecule has 0 fully saturated rings. The number of aromatic nitrogens is 2. The van der Waals surface area contributed by atoms with E-state index in [0.29, 0.717) is 18.5 Å². The lowest BCUT2D eigenvalue weighted by molar-refractivity contribution is 0.874. The lowest BCUT2D eigenvalue weighted by Gasteiger charge is -2.10. The Labute approximate surface area is 118 Å². The van der Waals surface area contributed by atoms with Gasteiger partial charge in [0.25, 0.3) is 0 Å². The van der Waals surface area contributed by atoms with Crippen molar-refractivity contribution >= 4 is 23.4 Å². The molecule has 0 atom stereocenters. The summed E-state index contributed by atoms with van der Waals surface area (Å²) in [4.78, 5) is 8.55. The summed E-state index contributed by atoms with van der Waals surface area (Å²) in [5, 5.41) is 7.18. The zero-order valence-corrected chi connectivity index (χ0v) is 11.8. The van der Waals surface area contributed by atoms with Gasteiger partial charge in [0, 0.05) is 23.8 Å². The van der Waals surface area contributed by atoms with Crippen molar-refractivity contribution in [3.8, 4) is 0 Å². The Kier molecular flexibility index (Phi) is 4.58. The second-order valence-electron chi connectivity index (χ2n) is 4.54. The zero-order chi connectivity index (χ0) is 13.7. The molecule has 0 aliphatic carbocycles. The smallest absolute Gasteiger partial charge is 0.224 e. The Balaban J connectivity index is 1.97. The highest BCUT2D eigenvalue weighted by Gasteiger charge is 2.00. The third-order valence-corrected chi connectivity index (χ3v) is 2.71. The summed E-state index contributed by atoms with van der Waals surface area (Å²) < 4.78 is 0. The Morgan fingerprint density at radius 2 is 1.89 bits per heavy atom. The highest BCUT2D eigenvalue weighted by Crippen LogP contribution is 2.12. The van der Waals surface area contributed by atoms with Crippen LogP contribution in [0.5, 0.6) is 0 Å². The predicted octanol–water partition coefficient (Wildman–Crippen LogP) is 3.56. The predicted molar refractivity (Wildman–Crippen MR) is 79.6 cm³/mol. The highest BCUT2D eigenvalue weighted by molar-refractivity contribution is 6.30. The molecule has 1 aromatic heterocycles. The van der Waals surface area contributed by atoms with Crippen molar-refractivity contribution in [1.82, 2.24) is 9.97 Å².